The molecule has 0 nitrogen and oxygen atoms in total. The summed E-state index contributed by atoms with van der Waals surface area (Å²) >= 11 is 0. The van der Waals surface area contributed by atoms with Crippen molar-refractivity contribution in [3.8, 4) is 11.1 Å². The molecule has 4 aliphatic rings. The molecule has 0 saturated heterocycles. The van der Waals surface area contributed by atoms with Crippen LogP contribution < -0.4 is 0 Å². The van der Waals surface area contributed by atoms with Crippen molar-refractivity contribution < 1.29 is 5.71 Å². The van der Waals surface area contributed by atoms with Crippen LogP contribution in [0.4, 0.5) is 0 Å². The summed E-state index contributed by atoms with van der Waals surface area (Å²) in [5.74, 6) is 7.90. The molecule has 0 spiro atoms. The van der Waals surface area contributed by atoms with E-state index in [-0.39, 0.29) is 5.71 Å². The fourth-order valence-electron chi connectivity index (χ4n) is 10.7. The summed E-state index contributed by atoms with van der Waals surface area (Å²) in [6, 6.07) is 27.0. The lowest BCUT2D eigenvalue weighted by Gasteiger charge is -2.38. The zero-order valence-electron chi connectivity index (χ0n) is 36.1. The highest BCUT2D eigenvalue weighted by molar-refractivity contribution is 5.63. The Balaban J connectivity index is 0.000000434. The Labute approximate surface area is 346 Å². The number of aryl methyl sites for hydroxylation is 3. The first-order chi connectivity index (χ1) is 26.8. The molecule has 308 valence electrons. The average Bonchev–Trinajstić information content (AvgIpc) is 3.23. The van der Waals surface area contributed by atoms with Crippen molar-refractivity contribution in [2.45, 2.75) is 169 Å². The minimum Gasteiger partial charge on any atom is -0.103 e. The molecule has 0 radical (unpaired) electrons. The van der Waals surface area contributed by atoms with Crippen molar-refractivity contribution in [2.75, 3.05) is 0 Å². The third kappa shape index (κ3) is 14.2. The predicted molar refractivity (Wildman–Crippen MR) is 251 cm³/mol. The molecule has 0 atom stereocenters. The van der Waals surface area contributed by atoms with Crippen LogP contribution in [0.15, 0.2) is 97.6 Å². The molecule has 55 heavy (non-hydrogen) atoms. The Morgan fingerprint density at radius 3 is 1.53 bits per heavy atom. The van der Waals surface area contributed by atoms with Crippen molar-refractivity contribution in [3.05, 3.63) is 120 Å². The zero-order chi connectivity index (χ0) is 38.8. The van der Waals surface area contributed by atoms with Crippen LogP contribution in [0.1, 0.15) is 177 Å². The fraction of sp³-hybridized carbons (Fsp3) is 0.600. The summed E-state index contributed by atoms with van der Waals surface area (Å²) in [4.78, 5) is 0. The van der Waals surface area contributed by atoms with Crippen molar-refractivity contribution in [2.24, 2.45) is 41.4 Å². The van der Waals surface area contributed by atoms with Gasteiger partial charge in [-0.2, -0.15) is 0 Å². The topological polar surface area (TPSA) is 0 Å². The standard InChI is InChI=1S/C22H32.C17H20.C16H28.4H2/c1-3-4-18-7-11-20(12-8-18)22-15-13-21(14-16-22)19-9-5-17(2)6-10-19;1-3-4-5-15-8-12-17(13-9-15)16-10-6-14(2)7-11-16;1-3-4-14-7-11-16(12-8-14)15-9-5-13(2)6-10-15;;;;/h3,5-6,9-10,18,20-22H,1,4,7-8,11-16H2,2H3;6-13H,3-5H2,1-2H3;3-4,13-16H,5-12H2,1-2H3;4*1H/b;;4-3+;;;;. The maximum atomic E-state index is 3.91. The number of hydrogen-bond acceptors (Lipinski definition) is 0. The first-order valence-electron chi connectivity index (χ1n) is 23.3. The highest BCUT2D eigenvalue weighted by Gasteiger charge is 2.31. The lowest BCUT2D eigenvalue weighted by atomic mass is 9.68. The van der Waals surface area contributed by atoms with Crippen LogP contribution in [0.3, 0.4) is 0 Å². The molecule has 0 heteroatoms. The van der Waals surface area contributed by atoms with Gasteiger partial charge in [0, 0.05) is 5.71 Å². The highest BCUT2D eigenvalue weighted by atomic mass is 14.4. The van der Waals surface area contributed by atoms with Gasteiger partial charge in [-0.25, -0.2) is 0 Å². The molecule has 0 aromatic heterocycles. The number of rotatable bonds is 10. The molecule has 0 bridgehead atoms. The van der Waals surface area contributed by atoms with Crippen LogP contribution >= 0.6 is 0 Å². The molecule has 4 saturated carbocycles. The number of hydrogen-bond donors (Lipinski definition) is 0. The number of benzene rings is 3. The lowest BCUT2D eigenvalue weighted by molar-refractivity contribution is 0.160. The quantitative estimate of drug-likeness (QED) is 0.181. The molecule has 0 aliphatic heterocycles. The molecule has 0 unspecified atom stereocenters. The van der Waals surface area contributed by atoms with E-state index in [0.29, 0.717) is 0 Å². The Kier molecular flexibility index (Phi) is 18.4. The molecule has 0 amide bonds. The maximum Gasteiger partial charge on any atom is 0 e. The molecule has 0 N–H and O–H groups in total. The molecule has 4 fully saturated rings. The third-order valence-electron chi connectivity index (χ3n) is 14.5. The van der Waals surface area contributed by atoms with Crippen LogP contribution in [0, 0.1) is 55.3 Å². The zero-order valence-corrected chi connectivity index (χ0v) is 36.1. The molecular formula is C55H88. The largest absolute Gasteiger partial charge is 0.103 e. The summed E-state index contributed by atoms with van der Waals surface area (Å²) in [6.45, 7) is 15.0. The lowest BCUT2D eigenvalue weighted by Crippen LogP contribution is -2.25. The van der Waals surface area contributed by atoms with Crippen LogP contribution in [-0.2, 0) is 6.42 Å². The molecule has 3 aromatic carbocycles. The van der Waals surface area contributed by atoms with E-state index < -0.39 is 0 Å². The molecule has 3 aromatic rings. The minimum absolute atomic E-state index is 0. The van der Waals surface area contributed by atoms with E-state index in [9.17, 15) is 0 Å². The van der Waals surface area contributed by atoms with Crippen LogP contribution in [0.5, 0.6) is 0 Å². The van der Waals surface area contributed by atoms with Crippen molar-refractivity contribution in [3.63, 3.8) is 0 Å². The van der Waals surface area contributed by atoms with E-state index in [1.165, 1.54) is 156 Å². The maximum absolute atomic E-state index is 3.91. The SMILES string of the molecule is C/C=C/C1CCC(C2CCC(C)CC2)CC1.C=CCC1CCC(C2CCC(c3ccc(C)cc3)CC2)CC1.CCCCc1ccc(-c2ccc(C)cc2)cc1.[HH].[HH].[HH].[HH]. The summed E-state index contributed by atoms with van der Waals surface area (Å²) in [5.41, 5.74) is 8.34. The highest BCUT2D eigenvalue weighted by Crippen LogP contribution is 2.45. The first kappa shape index (κ1) is 43.3. The van der Waals surface area contributed by atoms with E-state index in [2.05, 4.69) is 132 Å². The summed E-state index contributed by atoms with van der Waals surface area (Å²) in [5, 5.41) is 0. The van der Waals surface area contributed by atoms with Gasteiger partial charge in [0.2, 0.25) is 0 Å². The van der Waals surface area contributed by atoms with Gasteiger partial charge >= 0.3 is 0 Å². The van der Waals surface area contributed by atoms with Gasteiger partial charge in [-0.15, -0.1) is 6.58 Å². The van der Waals surface area contributed by atoms with Gasteiger partial charge in [0.1, 0.15) is 0 Å². The summed E-state index contributed by atoms with van der Waals surface area (Å²) in [7, 11) is 0. The summed E-state index contributed by atoms with van der Waals surface area (Å²) in [6.07, 6.45) is 35.4. The van der Waals surface area contributed by atoms with E-state index in [1.807, 2.05) is 0 Å². The van der Waals surface area contributed by atoms with Gasteiger partial charge < -0.3 is 0 Å². The smallest absolute Gasteiger partial charge is 0 e. The van der Waals surface area contributed by atoms with E-state index in [1.54, 1.807) is 5.56 Å². The number of allylic oxidation sites excluding steroid dienone is 3. The molecule has 7 rings (SSSR count). The fourth-order valence-corrected chi connectivity index (χ4v) is 10.7. The van der Waals surface area contributed by atoms with Crippen LogP contribution in [0.2, 0.25) is 0 Å². The Hall–Kier alpha value is -2.86. The monoisotopic (exact) mass is 749 g/mol. The van der Waals surface area contributed by atoms with Crippen molar-refractivity contribution >= 4 is 0 Å². The van der Waals surface area contributed by atoms with Crippen molar-refractivity contribution in [1.29, 1.82) is 0 Å². The second-order valence-corrected chi connectivity index (χ2v) is 18.7. The Morgan fingerprint density at radius 2 is 1.04 bits per heavy atom. The molecule has 4 aliphatic carbocycles. The second-order valence-electron chi connectivity index (χ2n) is 18.7. The van der Waals surface area contributed by atoms with Crippen LogP contribution in [-0.4, -0.2) is 0 Å². The third-order valence-corrected chi connectivity index (χ3v) is 14.5. The van der Waals surface area contributed by atoms with E-state index in [4.69, 9.17) is 0 Å². The average molecular weight is 749 g/mol. The summed E-state index contributed by atoms with van der Waals surface area (Å²) < 4.78 is 0. The normalized spacial score (nSPS) is 28.3. The van der Waals surface area contributed by atoms with Gasteiger partial charge in [-0.05, 0) is 200 Å². The van der Waals surface area contributed by atoms with Crippen LogP contribution in [0.25, 0.3) is 11.1 Å². The van der Waals surface area contributed by atoms with E-state index in [0.717, 1.165) is 47.3 Å². The Morgan fingerprint density at radius 1 is 0.582 bits per heavy atom. The second kappa shape index (κ2) is 23.4. The van der Waals surface area contributed by atoms with Gasteiger partial charge in [0.05, 0.1) is 0 Å². The van der Waals surface area contributed by atoms with Gasteiger partial charge in [-0.1, -0.05) is 135 Å². The predicted octanol–water partition coefficient (Wildman–Crippen LogP) is 17.8. The first-order valence-corrected chi connectivity index (χ1v) is 23.3. The van der Waals surface area contributed by atoms with Gasteiger partial charge in [0.15, 0.2) is 0 Å². The van der Waals surface area contributed by atoms with E-state index >= 15 is 0 Å². The van der Waals surface area contributed by atoms with Gasteiger partial charge in [0.25, 0.3) is 0 Å². The number of unbranched alkanes of at least 4 members (excludes halogenated alkanes) is 1. The van der Waals surface area contributed by atoms with Gasteiger partial charge in [-0.3, -0.25) is 0 Å². The minimum atomic E-state index is 0. The molecular weight excluding hydrogens is 661 g/mol. The Bertz CT molecular complexity index is 1490. The van der Waals surface area contributed by atoms with Crippen molar-refractivity contribution in [1.82, 2.24) is 0 Å². The molecule has 0 heterocycles.